The van der Waals surface area contributed by atoms with Crippen LogP contribution in [0.5, 0.6) is 5.75 Å². The Hall–Kier alpha value is -2.56. The number of fused-ring (bicyclic) bond motifs is 1. The molecule has 0 fully saturated rings. The van der Waals surface area contributed by atoms with E-state index in [-0.39, 0.29) is 0 Å². The minimum Gasteiger partial charge on any atom is -0.496 e. The van der Waals surface area contributed by atoms with Gasteiger partial charge in [-0.15, -0.1) is 0 Å². The van der Waals surface area contributed by atoms with Crippen LogP contribution in [0.1, 0.15) is 18.4 Å². The molecule has 3 N–H and O–H groups in total. The summed E-state index contributed by atoms with van der Waals surface area (Å²) in [4.78, 5) is 3.66. The lowest BCUT2D eigenvalue weighted by Crippen LogP contribution is -1.99. The van der Waals surface area contributed by atoms with Crippen LogP contribution in [0.4, 0.5) is 0 Å². The highest BCUT2D eigenvalue weighted by Crippen LogP contribution is 2.39. The number of H-pyrrole nitrogens is 1. The summed E-state index contributed by atoms with van der Waals surface area (Å²) >= 11 is 3.61. The zero-order valence-corrected chi connectivity index (χ0v) is 18.1. The normalized spacial score (nSPS) is 11.1. The van der Waals surface area contributed by atoms with E-state index in [0.29, 0.717) is 6.54 Å². The van der Waals surface area contributed by atoms with Gasteiger partial charge in [-0.1, -0.05) is 52.3 Å². The number of nitrogens with one attached hydrogen (secondary N) is 1. The first-order chi connectivity index (χ1) is 14.2. The fourth-order valence-corrected chi connectivity index (χ4v) is 4.23. The van der Waals surface area contributed by atoms with Crippen molar-refractivity contribution in [2.75, 3.05) is 13.7 Å². The van der Waals surface area contributed by atoms with Gasteiger partial charge in [0.15, 0.2) is 0 Å². The Morgan fingerprint density at radius 1 is 0.931 bits per heavy atom. The fourth-order valence-electron chi connectivity index (χ4n) is 3.87. The second-order valence-corrected chi connectivity index (χ2v) is 8.11. The molecule has 0 saturated heterocycles. The number of aryl methyl sites for hydroxylation is 1. The summed E-state index contributed by atoms with van der Waals surface area (Å²) in [6, 6.07) is 23.3. The van der Waals surface area contributed by atoms with Crippen molar-refractivity contribution in [2.45, 2.75) is 19.3 Å². The number of ether oxygens (including phenoxy) is 1. The molecule has 0 aliphatic rings. The summed E-state index contributed by atoms with van der Waals surface area (Å²) < 4.78 is 6.70. The van der Waals surface area contributed by atoms with Gasteiger partial charge < -0.3 is 15.5 Å². The van der Waals surface area contributed by atoms with Crippen molar-refractivity contribution in [3.05, 3.63) is 76.8 Å². The van der Waals surface area contributed by atoms with E-state index in [1.165, 1.54) is 22.1 Å². The number of rotatable bonds is 7. The first-order valence-corrected chi connectivity index (χ1v) is 10.7. The van der Waals surface area contributed by atoms with Crippen LogP contribution in [0.2, 0.25) is 0 Å². The maximum absolute atomic E-state index is 5.76. The Bertz CT molecular complexity index is 1120. The van der Waals surface area contributed by atoms with E-state index < -0.39 is 0 Å². The van der Waals surface area contributed by atoms with Gasteiger partial charge in [0.2, 0.25) is 0 Å². The molecule has 3 nitrogen and oxygen atoms in total. The minimum atomic E-state index is 0.715. The topological polar surface area (TPSA) is 51.0 Å². The van der Waals surface area contributed by atoms with Gasteiger partial charge in [-0.05, 0) is 72.8 Å². The number of aromatic nitrogens is 1. The highest BCUT2D eigenvalue weighted by atomic mass is 79.9. The van der Waals surface area contributed by atoms with Crippen molar-refractivity contribution >= 4 is 26.8 Å². The zero-order chi connectivity index (χ0) is 20.2. The van der Waals surface area contributed by atoms with E-state index >= 15 is 0 Å². The summed E-state index contributed by atoms with van der Waals surface area (Å²) in [5.41, 5.74) is 12.9. The van der Waals surface area contributed by atoms with E-state index in [4.69, 9.17) is 10.5 Å². The van der Waals surface area contributed by atoms with Crippen LogP contribution in [0.15, 0.2) is 71.2 Å². The maximum atomic E-state index is 5.76. The highest BCUT2D eigenvalue weighted by molar-refractivity contribution is 9.10. The minimum absolute atomic E-state index is 0.715. The summed E-state index contributed by atoms with van der Waals surface area (Å²) in [5.74, 6) is 0.864. The third-order valence-electron chi connectivity index (χ3n) is 5.33. The molecule has 4 aromatic rings. The van der Waals surface area contributed by atoms with Gasteiger partial charge in [0.1, 0.15) is 5.75 Å². The van der Waals surface area contributed by atoms with Gasteiger partial charge in [-0.3, -0.25) is 0 Å². The Morgan fingerprint density at radius 2 is 1.76 bits per heavy atom. The lowest BCUT2D eigenvalue weighted by Gasteiger charge is -2.11. The van der Waals surface area contributed by atoms with Gasteiger partial charge in [0.25, 0.3) is 0 Å². The van der Waals surface area contributed by atoms with E-state index in [0.717, 1.165) is 46.3 Å². The molecule has 0 atom stereocenters. The summed E-state index contributed by atoms with van der Waals surface area (Å²) in [7, 11) is 1.72. The zero-order valence-electron chi connectivity index (χ0n) is 16.5. The van der Waals surface area contributed by atoms with Crippen LogP contribution in [-0.4, -0.2) is 18.6 Å². The molecule has 4 heteroatoms. The number of nitrogens with two attached hydrogens (primary N) is 1. The van der Waals surface area contributed by atoms with Crippen LogP contribution in [-0.2, 0) is 6.42 Å². The van der Waals surface area contributed by atoms with Gasteiger partial charge in [-0.2, -0.15) is 0 Å². The first-order valence-electron chi connectivity index (χ1n) is 9.95. The maximum Gasteiger partial charge on any atom is 0.128 e. The molecule has 0 amide bonds. The number of hydrogen-bond acceptors (Lipinski definition) is 2. The average molecular weight is 449 g/mol. The molecule has 0 aliphatic heterocycles. The summed E-state index contributed by atoms with van der Waals surface area (Å²) in [6.07, 6.45) is 3.04. The van der Waals surface area contributed by atoms with E-state index in [1.807, 2.05) is 18.2 Å². The third-order valence-corrected chi connectivity index (χ3v) is 5.82. The van der Waals surface area contributed by atoms with Crippen LogP contribution < -0.4 is 10.5 Å². The molecular formula is C25H25BrN2O. The number of aromatic amines is 1. The molecule has 0 saturated carbocycles. The van der Waals surface area contributed by atoms with Crippen molar-refractivity contribution in [1.82, 2.24) is 4.98 Å². The Labute approximate surface area is 180 Å². The predicted molar refractivity (Wildman–Crippen MR) is 125 cm³/mol. The predicted octanol–water partition coefficient (Wildman–Crippen LogP) is 6.55. The molecule has 4 rings (SSSR count). The second kappa shape index (κ2) is 8.85. The lowest BCUT2D eigenvalue weighted by atomic mass is 9.97. The number of hydrogen-bond donors (Lipinski definition) is 2. The standard InChI is InChI=1S/C25H25BrN2O/c1-29-24-13-11-19(26)16-22(24)25-20(9-5-6-14-27)21-15-18(10-12-23(21)28-25)17-7-3-2-4-8-17/h2-4,7-8,10-13,15-16,28H,5-6,9,14,27H2,1H3. The molecule has 1 aromatic heterocycles. The lowest BCUT2D eigenvalue weighted by molar-refractivity contribution is 0.416. The van der Waals surface area contributed by atoms with Crippen molar-refractivity contribution in [2.24, 2.45) is 5.73 Å². The monoisotopic (exact) mass is 448 g/mol. The van der Waals surface area contributed by atoms with Gasteiger partial charge >= 0.3 is 0 Å². The fraction of sp³-hybridized carbons (Fsp3) is 0.200. The van der Waals surface area contributed by atoms with E-state index in [2.05, 4.69) is 69.4 Å². The Kier molecular flexibility index (Phi) is 6.02. The quantitative estimate of drug-likeness (QED) is 0.314. The molecule has 0 radical (unpaired) electrons. The molecule has 1 heterocycles. The number of methoxy groups -OCH3 is 1. The van der Waals surface area contributed by atoms with Gasteiger partial charge in [0.05, 0.1) is 12.8 Å². The van der Waals surface area contributed by atoms with Gasteiger partial charge in [-0.25, -0.2) is 0 Å². The largest absolute Gasteiger partial charge is 0.496 e. The van der Waals surface area contributed by atoms with Crippen LogP contribution >= 0.6 is 15.9 Å². The summed E-state index contributed by atoms with van der Waals surface area (Å²) in [6.45, 7) is 0.715. The van der Waals surface area contributed by atoms with Crippen LogP contribution in [0.3, 0.4) is 0 Å². The smallest absolute Gasteiger partial charge is 0.128 e. The first kappa shape index (κ1) is 19.7. The van der Waals surface area contributed by atoms with Crippen molar-refractivity contribution < 1.29 is 4.74 Å². The molecular weight excluding hydrogens is 424 g/mol. The molecule has 148 valence electrons. The molecule has 0 unspecified atom stereocenters. The van der Waals surface area contributed by atoms with Crippen molar-refractivity contribution in [1.29, 1.82) is 0 Å². The highest BCUT2D eigenvalue weighted by Gasteiger charge is 2.17. The molecule has 29 heavy (non-hydrogen) atoms. The van der Waals surface area contributed by atoms with Crippen molar-refractivity contribution in [3.8, 4) is 28.1 Å². The molecule has 0 bridgehead atoms. The average Bonchev–Trinajstić information content (AvgIpc) is 3.12. The summed E-state index contributed by atoms with van der Waals surface area (Å²) in [5, 5.41) is 1.26. The van der Waals surface area contributed by atoms with Crippen LogP contribution in [0, 0.1) is 0 Å². The number of benzene rings is 3. The van der Waals surface area contributed by atoms with E-state index in [1.54, 1.807) is 7.11 Å². The second-order valence-electron chi connectivity index (χ2n) is 7.20. The van der Waals surface area contributed by atoms with Crippen molar-refractivity contribution in [3.63, 3.8) is 0 Å². The molecule has 3 aromatic carbocycles. The number of halogens is 1. The Morgan fingerprint density at radius 3 is 2.52 bits per heavy atom. The Balaban J connectivity index is 1.90. The molecule has 0 aliphatic carbocycles. The van der Waals surface area contributed by atoms with E-state index in [9.17, 15) is 0 Å². The number of unbranched alkanes of at least 4 members (excludes halogenated alkanes) is 1. The SMILES string of the molecule is COc1ccc(Br)cc1-c1[nH]c2ccc(-c3ccccc3)cc2c1CCCCN. The van der Waals surface area contributed by atoms with Crippen LogP contribution in [0.25, 0.3) is 33.3 Å². The third kappa shape index (κ3) is 4.09. The van der Waals surface area contributed by atoms with Gasteiger partial charge in [0, 0.05) is 20.9 Å². The molecule has 0 spiro atoms.